The summed E-state index contributed by atoms with van der Waals surface area (Å²) < 4.78 is 5.42. The van der Waals surface area contributed by atoms with Crippen molar-refractivity contribution in [2.45, 2.75) is 51.2 Å². The second kappa shape index (κ2) is 7.86. The van der Waals surface area contributed by atoms with Crippen LogP contribution in [0.1, 0.15) is 54.0 Å². The van der Waals surface area contributed by atoms with Gasteiger partial charge < -0.3 is 19.2 Å². The number of aromatic carboxylic acids is 1. The zero-order valence-corrected chi connectivity index (χ0v) is 14.3. The van der Waals surface area contributed by atoms with E-state index in [0.29, 0.717) is 18.3 Å². The molecule has 1 aromatic heterocycles. The van der Waals surface area contributed by atoms with E-state index in [-0.39, 0.29) is 5.76 Å². The van der Waals surface area contributed by atoms with Crippen LogP contribution in [0.25, 0.3) is 0 Å². The minimum Gasteiger partial charge on any atom is -0.542 e. The van der Waals surface area contributed by atoms with Gasteiger partial charge in [0.05, 0.1) is 6.04 Å². The maximum Gasteiger partial charge on any atom is 0.159 e. The summed E-state index contributed by atoms with van der Waals surface area (Å²) in [5, 5.41) is 11.7. The number of rotatable bonds is 6. The minimum absolute atomic E-state index is 0.106. The lowest BCUT2D eigenvalue weighted by Crippen LogP contribution is -3.13. The van der Waals surface area contributed by atoms with Gasteiger partial charge in [0.15, 0.2) is 5.76 Å². The van der Waals surface area contributed by atoms with E-state index in [1.807, 2.05) is 18.2 Å². The van der Waals surface area contributed by atoms with Crippen molar-refractivity contribution in [2.24, 2.45) is 0 Å². The van der Waals surface area contributed by atoms with E-state index in [9.17, 15) is 9.90 Å². The summed E-state index contributed by atoms with van der Waals surface area (Å²) in [6.45, 7) is 1.47. The first kappa shape index (κ1) is 17.1. The molecule has 1 unspecified atom stereocenters. The zero-order valence-electron chi connectivity index (χ0n) is 13.6. The maximum atomic E-state index is 10.9. The van der Waals surface area contributed by atoms with Gasteiger partial charge in [-0.2, -0.15) is 0 Å². The highest BCUT2D eigenvalue weighted by Crippen LogP contribution is 2.18. The molecule has 1 aromatic carbocycles. The molecule has 0 amide bonds. The number of nitrogens with one attached hydrogen (secondary N) is 1. The van der Waals surface area contributed by atoms with Crippen molar-refractivity contribution in [3.63, 3.8) is 0 Å². The molecule has 1 heterocycles. The number of carboxylic acids is 1. The molecule has 5 heteroatoms. The minimum atomic E-state index is -1.27. The fourth-order valence-corrected chi connectivity index (χ4v) is 3.76. The Morgan fingerprint density at radius 1 is 1.12 bits per heavy atom. The van der Waals surface area contributed by atoms with Gasteiger partial charge in [-0.1, -0.05) is 36.2 Å². The van der Waals surface area contributed by atoms with Gasteiger partial charge in [-0.3, -0.25) is 0 Å². The van der Waals surface area contributed by atoms with Crippen molar-refractivity contribution >= 4 is 17.6 Å². The summed E-state index contributed by atoms with van der Waals surface area (Å²) in [7, 11) is 0. The molecule has 24 heavy (non-hydrogen) atoms. The molecule has 0 spiro atoms. The van der Waals surface area contributed by atoms with E-state index in [0.717, 1.165) is 17.1 Å². The maximum absolute atomic E-state index is 10.9. The second-order valence-electron chi connectivity index (χ2n) is 6.49. The largest absolute Gasteiger partial charge is 0.542 e. The molecular weight excluding hydrogens is 326 g/mol. The molecule has 2 aromatic rings. The van der Waals surface area contributed by atoms with E-state index < -0.39 is 5.97 Å². The molecule has 1 fully saturated rings. The second-order valence-corrected chi connectivity index (χ2v) is 6.90. The van der Waals surface area contributed by atoms with Crippen molar-refractivity contribution in [3.05, 3.63) is 58.5 Å². The Hall–Kier alpha value is -1.78. The standard InChI is InChI=1S/C19H22ClNO3/c20-17-9-5-4-6-14(17)12-21(15-7-2-1-3-8-15)13-16-10-11-18(24-16)19(22)23/h4-6,9-11,15H,1-3,7-8,12-13H2,(H,22,23). The number of hydrogen-bond donors (Lipinski definition) is 1. The van der Waals surface area contributed by atoms with Crippen LogP contribution >= 0.6 is 11.6 Å². The summed E-state index contributed by atoms with van der Waals surface area (Å²) in [4.78, 5) is 12.3. The summed E-state index contributed by atoms with van der Waals surface area (Å²) in [5.74, 6) is -0.695. The summed E-state index contributed by atoms with van der Waals surface area (Å²) in [5.41, 5.74) is 1.12. The molecule has 4 nitrogen and oxygen atoms in total. The Kier molecular flexibility index (Phi) is 5.59. The average Bonchev–Trinajstić information content (AvgIpc) is 3.06. The van der Waals surface area contributed by atoms with Crippen molar-refractivity contribution in [1.29, 1.82) is 0 Å². The van der Waals surface area contributed by atoms with Gasteiger partial charge in [-0.25, -0.2) is 0 Å². The lowest BCUT2D eigenvalue weighted by molar-refractivity contribution is -0.954. The van der Waals surface area contributed by atoms with Crippen molar-refractivity contribution in [2.75, 3.05) is 0 Å². The third-order valence-corrected chi connectivity index (χ3v) is 5.19. The fraction of sp³-hybridized carbons (Fsp3) is 0.421. The van der Waals surface area contributed by atoms with Gasteiger partial charge in [0, 0.05) is 10.6 Å². The number of carbonyl (C=O) groups is 1. The van der Waals surface area contributed by atoms with Crippen LogP contribution in [0.4, 0.5) is 0 Å². The van der Waals surface area contributed by atoms with E-state index >= 15 is 0 Å². The van der Waals surface area contributed by atoms with E-state index in [2.05, 4.69) is 6.07 Å². The van der Waals surface area contributed by atoms with Crippen LogP contribution in [0.2, 0.25) is 5.02 Å². The highest BCUT2D eigenvalue weighted by Gasteiger charge is 2.26. The quantitative estimate of drug-likeness (QED) is 0.871. The Labute approximate surface area is 147 Å². The summed E-state index contributed by atoms with van der Waals surface area (Å²) >= 11 is 6.33. The topological polar surface area (TPSA) is 57.7 Å². The Morgan fingerprint density at radius 2 is 1.88 bits per heavy atom. The number of quaternary nitrogens is 1. The molecule has 0 radical (unpaired) electrons. The van der Waals surface area contributed by atoms with Gasteiger partial charge in [0.2, 0.25) is 0 Å². The molecule has 3 rings (SSSR count). The van der Waals surface area contributed by atoms with Crippen LogP contribution in [0.5, 0.6) is 0 Å². The first-order valence-corrected chi connectivity index (χ1v) is 8.89. The van der Waals surface area contributed by atoms with Crippen LogP contribution in [-0.2, 0) is 13.1 Å². The normalized spacial score (nSPS) is 16.9. The van der Waals surface area contributed by atoms with Crippen LogP contribution < -0.4 is 10.0 Å². The predicted molar refractivity (Wildman–Crippen MR) is 89.7 cm³/mol. The first-order valence-electron chi connectivity index (χ1n) is 8.51. The van der Waals surface area contributed by atoms with Gasteiger partial charge in [0.1, 0.15) is 24.8 Å². The van der Waals surface area contributed by atoms with E-state index in [1.54, 1.807) is 6.07 Å². The van der Waals surface area contributed by atoms with Gasteiger partial charge >= 0.3 is 0 Å². The van der Waals surface area contributed by atoms with Gasteiger partial charge in [-0.05, 0) is 43.9 Å². The molecule has 1 saturated carbocycles. The highest BCUT2D eigenvalue weighted by atomic mass is 35.5. The number of halogens is 1. The molecule has 0 bridgehead atoms. The van der Waals surface area contributed by atoms with E-state index in [4.69, 9.17) is 16.0 Å². The molecular formula is C19H22ClNO3. The van der Waals surface area contributed by atoms with Crippen molar-refractivity contribution < 1.29 is 19.2 Å². The Morgan fingerprint density at radius 3 is 2.54 bits per heavy atom. The molecule has 0 saturated heterocycles. The fourth-order valence-electron chi connectivity index (χ4n) is 3.55. The molecule has 1 N–H and O–H groups in total. The number of carboxylic acid groups (broad SMARTS) is 1. The van der Waals surface area contributed by atoms with Crippen LogP contribution in [-0.4, -0.2) is 12.0 Å². The predicted octanol–water partition coefficient (Wildman–Crippen LogP) is 2.21. The lowest BCUT2D eigenvalue weighted by Gasteiger charge is -2.31. The molecule has 1 aliphatic rings. The zero-order chi connectivity index (χ0) is 16.9. The number of benzene rings is 1. The Bertz CT molecular complexity index is 691. The highest BCUT2D eigenvalue weighted by molar-refractivity contribution is 6.31. The van der Waals surface area contributed by atoms with Crippen molar-refractivity contribution in [3.8, 4) is 0 Å². The lowest BCUT2D eigenvalue weighted by atomic mass is 9.93. The SMILES string of the molecule is O=C([O-])c1ccc(C[NH+](Cc2ccccc2Cl)C2CCCCC2)o1. The molecule has 0 aliphatic heterocycles. The first-order chi connectivity index (χ1) is 11.6. The third-order valence-electron chi connectivity index (χ3n) is 4.82. The molecule has 1 aliphatic carbocycles. The number of furan rings is 1. The average molecular weight is 348 g/mol. The van der Waals surface area contributed by atoms with Gasteiger partial charge in [-0.15, -0.1) is 0 Å². The van der Waals surface area contributed by atoms with Gasteiger partial charge in [0.25, 0.3) is 0 Å². The summed E-state index contributed by atoms with van der Waals surface area (Å²) in [6, 6.07) is 11.7. The summed E-state index contributed by atoms with van der Waals surface area (Å²) in [6.07, 6.45) is 6.17. The number of carbonyl (C=O) groups excluding carboxylic acids is 1. The number of hydrogen-bond acceptors (Lipinski definition) is 3. The smallest absolute Gasteiger partial charge is 0.159 e. The van der Waals surface area contributed by atoms with Crippen LogP contribution in [0, 0.1) is 0 Å². The Balaban J connectivity index is 1.78. The van der Waals surface area contributed by atoms with E-state index in [1.165, 1.54) is 43.1 Å². The third kappa shape index (κ3) is 4.19. The van der Waals surface area contributed by atoms with Crippen LogP contribution in [0.15, 0.2) is 40.8 Å². The van der Waals surface area contributed by atoms with Crippen LogP contribution in [0.3, 0.4) is 0 Å². The molecule has 1 atom stereocenters. The van der Waals surface area contributed by atoms with Crippen molar-refractivity contribution in [1.82, 2.24) is 0 Å². The molecule has 128 valence electrons. The monoisotopic (exact) mass is 347 g/mol.